The number of nitrogens with one attached hydrogen (secondary N) is 1. The minimum atomic E-state index is -0.903. The van der Waals surface area contributed by atoms with Crippen LogP contribution in [-0.4, -0.2) is 33.5 Å². The Labute approximate surface area is 134 Å². The number of carbonyl (C=O) groups is 2. The molecule has 23 heavy (non-hydrogen) atoms. The summed E-state index contributed by atoms with van der Waals surface area (Å²) in [6.07, 6.45) is 4.10. The summed E-state index contributed by atoms with van der Waals surface area (Å²) in [4.78, 5) is 31.6. The molecule has 0 aliphatic heterocycles. The molecule has 1 amide bonds. The second-order valence-electron chi connectivity index (χ2n) is 5.18. The van der Waals surface area contributed by atoms with Gasteiger partial charge >= 0.3 is 5.97 Å². The third-order valence-corrected chi connectivity index (χ3v) is 3.50. The molecule has 2 rings (SSSR count). The van der Waals surface area contributed by atoms with Gasteiger partial charge in [0.25, 0.3) is 5.91 Å². The number of hydrogen-bond donors (Lipinski definition) is 2. The lowest BCUT2D eigenvalue weighted by molar-refractivity contribution is -0.141. The highest BCUT2D eigenvalue weighted by Crippen LogP contribution is 2.20. The SMILES string of the molecule is CCCC(CNC(=O)c1cncnc1-c1ccccc1)C(=O)O. The zero-order chi connectivity index (χ0) is 16.7. The van der Waals surface area contributed by atoms with Crippen molar-refractivity contribution in [3.8, 4) is 11.3 Å². The van der Waals surface area contributed by atoms with Crippen LogP contribution in [0.4, 0.5) is 0 Å². The van der Waals surface area contributed by atoms with E-state index in [-0.39, 0.29) is 12.5 Å². The molecule has 0 bridgehead atoms. The van der Waals surface area contributed by atoms with Crippen LogP contribution in [0.2, 0.25) is 0 Å². The second kappa shape index (κ2) is 8.03. The maximum absolute atomic E-state index is 12.4. The quantitative estimate of drug-likeness (QED) is 0.818. The maximum atomic E-state index is 12.4. The van der Waals surface area contributed by atoms with E-state index in [9.17, 15) is 9.59 Å². The Hall–Kier alpha value is -2.76. The van der Waals surface area contributed by atoms with Crippen molar-refractivity contribution in [2.75, 3.05) is 6.54 Å². The van der Waals surface area contributed by atoms with Gasteiger partial charge in [-0.1, -0.05) is 43.7 Å². The van der Waals surface area contributed by atoms with E-state index in [4.69, 9.17) is 5.11 Å². The average molecular weight is 313 g/mol. The number of amides is 1. The summed E-state index contributed by atoms with van der Waals surface area (Å²) in [5.41, 5.74) is 1.67. The predicted molar refractivity (Wildman–Crippen MR) is 85.8 cm³/mol. The molecule has 0 saturated heterocycles. The Morgan fingerprint density at radius 2 is 2.00 bits per heavy atom. The smallest absolute Gasteiger partial charge is 0.308 e. The van der Waals surface area contributed by atoms with E-state index in [1.165, 1.54) is 12.5 Å². The lowest BCUT2D eigenvalue weighted by atomic mass is 10.0. The van der Waals surface area contributed by atoms with Crippen LogP contribution < -0.4 is 5.32 Å². The molecule has 0 saturated carbocycles. The number of carboxylic acid groups (broad SMARTS) is 1. The van der Waals surface area contributed by atoms with Crippen LogP contribution in [0.1, 0.15) is 30.1 Å². The van der Waals surface area contributed by atoms with Gasteiger partial charge in [0.05, 0.1) is 17.2 Å². The molecular formula is C17H19N3O3. The lowest BCUT2D eigenvalue weighted by Gasteiger charge is -2.13. The van der Waals surface area contributed by atoms with E-state index in [1.807, 2.05) is 37.3 Å². The molecule has 1 unspecified atom stereocenters. The standard InChI is InChI=1S/C17H19N3O3/c1-2-6-13(17(22)23)9-19-16(21)14-10-18-11-20-15(14)12-7-4-3-5-8-12/h3-5,7-8,10-11,13H,2,6,9H2,1H3,(H,19,21)(H,22,23). The molecule has 6 nitrogen and oxygen atoms in total. The van der Waals surface area contributed by atoms with Crippen LogP contribution >= 0.6 is 0 Å². The minimum Gasteiger partial charge on any atom is -0.481 e. The number of benzene rings is 1. The number of aromatic nitrogens is 2. The van der Waals surface area contributed by atoms with Crippen LogP contribution in [0.15, 0.2) is 42.9 Å². The number of hydrogen-bond acceptors (Lipinski definition) is 4. The summed E-state index contributed by atoms with van der Waals surface area (Å²) in [5, 5.41) is 11.8. The molecule has 1 heterocycles. The van der Waals surface area contributed by atoms with Crippen LogP contribution in [0, 0.1) is 5.92 Å². The van der Waals surface area contributed by atoms with Crippen molar-refractivity contribution in [2.45, 2.75) is 19.8 Å². The first-order valence-electron chi connectivity index (χ1n) is 7.50. The van der Waals surface area contributed by atoms with Gasteiger partial charge in [0.1, 0.15) is 6.33 Å². The van der Waals surface area contributed by atoms with Gasteiger partial charge in [0.15, 0.2) is 0 Å². The molecule has 0 spiro atoms. The van der Waals surface area contributed by atoms with Crippen molar-refractivity contribution >= 4 is 11.9 Å². The fourth-order valence-corrected chi connectivity index (χ4v) is 2.29. The summed E-state index contributed by atoms with van der Waals surface area (Å²) in [6.45, 7) is 2.00. The van der Waals surface area contributed by atoms with Crippen molar-refractivity contribution in [3.05, 3.63) is 48.4 Å². The molecule has 1 aromatic heterocycles. The van der Waals surface area contributed by atoms with Crippen LogP contribution in [0.25, 0.3) is 11.3 Å². The molecule has 0 aliphatic rings. The first-order chi connectivity index (χ1) is 11.1. The van der Waals surface area contributed by atoms with Crippen LogP contribution in [0.5, 0.6) is 0 Å². The van der Waals surface area contributed by atoms with Gasteiger partial charge in [-0.3, -0.25) is 9.59 Å². The van der Waals surface area contributed by atoms with Gasteiger partial charge in [-0.15, -0.1) is 0 Å². The van der Waals surface area contributed by atoms with E-state index in [1.54, 1.807) is 0 Å². The molecule has 1 atom stereocenters. The third-order valence-electron chi connectivity index (χ3n) is 3.50. The van der Waals surface area contributed by atoms with Crippen molar-refractivity contribution < 1.29 is 14.7 Å². The lowest BCUT2D eigenvalue weighted by Crippen LogP contribution is -2.33. The number of carboxylic acids is 1. The molecule has 2 aromatic rings. The normalized spacial score (nSPS) is 11.7. The van der Waals surface area contributed by atoms with Gasteiger partial charge in [0, 0.05) is 18.3 Å². The van der Waals surface area contributed by atoms with E-state index in [2.05, 4.69) is 15.3 Å². The second-order valence-corrected chi connectivity index (χ2v) is 5.18. The molecule has 120 valence electrons. The Balaban J connectivity index is 2.16. The van der Waals surface area contributed by atoms with E-state index >= 15 is 0 Å². The number of nitrogens with zero attached hydrogens (tertiary/aromatic N) is 2. The Morgan fingerprint density at radius 3 is 2.65 bits per heavy atom. The predicted octanol–water partition coefficient (Wildman–Crippen LogP) is 2.37. The van der Waals surface area contributed by atoms with Crippen molar-refractivity contribution in [1.29, 1.82) is 0 Å². The molecular weight excluding hydrogens is 294 g/mol. The first kappa shape index (κ1) is 16.6. The van der Waals surface area contributed by atoms with Crippen molar-refractivity contribution in [2.24, 2.45) is 5.92 Å². The topological polar surface area (TPSA) is 92.2 Å². The van der Waals surface area contributed by atoms with Gasteiger partial charge in [-0.05, 0) is 6.42 Å². The summed E-state index contributed by atoms with van der Waals surface area (Å²) in [7, 11) is 0. The van der Waals surface area contributed by atoms with Crippen LogP contribution in [0.3, 0.4) is 0 Å². The number of rotatable bonds is 7. The Kier molecular flexibility index (Phi) is 5.80. The maximum Gasteiger partial charge on any atom is 0.308 e. The van der Waals surface area contributed by atoms with E-state index in [0.717, 1.165) is 12.0 Å². The molecule has 1 aromatic carbocycles. The van der Waals surface area contributed by atoms with Gasteiger partial charge < -0.3 is 10.4 Å². The Morgan fingerprint density at radius 1 is 1.26 bits per heavy atom. The number of carbonyl (C=O) groups excluding carboxylic acids is 1. The van der Waals surface area contributed by atoms with Gasteiger partial charge in [0.2, 0.25) is 0 Å². The highest BCUT2D eigenvalue weighted by molar-refractivity contribution is 5.99. The van der Waals surface area contributed by atoms with Gasteiger partial charge in [-0.2, -0.15) is 0 Å². The van der Waals surface area contributed by atoms with E-state index in [0.29, 0.717) is 17.7 Å². The van der Waals surface area contributed by atoms with Gasteiger partial charge in [-0.25, -0.2) is 9.97 Å². The van der Waals surface area contributed by atoms with Crippen LogP contribution in [-0.2, 0) is 4.79 Å². The fourth-order valence-electron chi connectivity index (χ4n) is 2.29. The summed E-state index contributed by atoms with van der Waals surface area (Å²) < 4.78 is 0. The number of aliphatic carboxylic acids is 1. The molecule has 0 radical (unpaired) electrons. The highest BCUT2D eigenvalue weighted by atomic mass is 16.4. The summed E-state index contributed by atoms with van der Waals surface area (Å²) in [5.74, 6) is -1.86. The average Bonchev–Trinajstić information content (AvgIpc) is 2.59. The summed E-state index contributed by atoms with van der Waals surface area (Å²) in [6, 6.07) is 9.32. The monoisotopic (exact) mass is 313 g/mol. The first-order valence-corrected chi connectivity index (χ1v) is 7.50. The molecule has 6 heteroatoms. The highest BCUT2D eigenvalue weighted by Gasteiger charge is 2.19. The zero-order valence-corrected chi connectivity index (χ0v) is 12.9. The minimum absolute atomic E-state index is 0.0884. The molecule has 2 N–H and O–H groups in total. The summed E-state index contributed by atoms with van der Waals surface area (Å²) >= 11 is 0. The largest absolute Gasteiger partial charge is 0.481 e. The molecule has 0 fully saturated rings. The Bertz CT molecular complexity index is 674. The zero-order valence-electron chi connectivity index (χ0n) is 12.9. The van der Waals surface area contributed by atoms with Crippen molar-refractivity contribution in [1.82, 2.24) is 15.3 Å². The fraction of sp³-hybridized carbons (Fsp3) is 0.294. The van der Waals surface area contributed by atoms with E-state index < -0.39 is 11.9 Å². The molecule has 0 aliphatic carbocycles. The van der Waals surface area contributed by atoms with Crippen molar-refractivity contribution in [3.63, 3.8) is 0 Å². The third kappa shape index (κ3) is 4.35.